The van der Waals surface area contributed by atoms with Gasteiger partial charge in [0.2, 0.25) is 0 Å². The molecular weight excluding hydrogens is 176 g/mol. The molecule has 2 heteroatoms. The van der Waals surface area contributed by atoms with Crippen LogP contribution in [-0.4, -0.2) is 11.1 Å². The van der Waals surface area contributed by atoms with Gasteiger partial charge in [-0.25, -0.2) is 0 Å². The van der Waals surface area contributed by atoms with E-state index >= 15 is 0 Å². The maximum Gasteiger partial charge on any atom is 0.307 e. The van der Waals surface area contributed by atoms with Gasteiger partial charge in [-0.05, 0) is 25.2 Å². The number of hydrogen-bond acceptors (Lipinski definition) is 1. The predicted molar refractivity (Wildman–Crippen MR) is 57.1 cm³/mol. The lowest BCUT2D eigenvalue weighted by molar-refractivity contribution is -0.143. The molecular formula is C12H20O2. The highest BCUT2D eigenvalue weighted by molar-refractivity contribution is 5.70. The molecule has 2 nitrogen and oxygen atoms in total. The third-order valence-electron chi connectivity index (χ3n) is 3.00. The molecule has 0 saturated heterocycles. The van der Waals surface area contributed by atoms with E-state index in [4.69, 9.17) is 5.11 Å². The Morgan fingerprint density at radius 3 is 2.86 bits per heavy atom. The van der Waals surface area contributed by atoms with Crippen LogP contribution >= 0.6 is 0 Å². The summed E-state index contributed by atoms with van der Waals surface area (Å²) in [5.74, 6) is -0.456. The Kier molecular flexibility index (Phi) is 4.71. The number of hydrogen-bond donors (Lipinski definition) is 1. The fourth-order valence-corrected chi connectivity index (χ4v) is 2.13. The van der Waals surface area contributed by atoms with Crippen LogP contribution in [0.3, 0.4) is 0 Å². The summed E-state index contributed by atoms with van der Waals surface area (Å²) in [4.78, 5) is 11.0. The lowest BCUT2D eigenvalue weighted by atomic mass is 9.87. The highest BCUT2D eigenvalue weighted by Gasteiger charge is 2.26. The first kappa shape index (κ1) is 11.3. The van der Waals surface area contributed by atoms with Crippen molar-refractivity contribution in [2.24, 2.45) is 11.8 Å². The van der Waals surface area contributed by atoms with Gasteiger partial charge in [0.15, 0.2) is 0 Å². The van der Waals surface area contributed by atoms with Gasteiger partial charge in [0, 0.05) is 0 Å². The number of unbranched alkanes of at least 4 members (excludes halogenated alkanes) is 2. The molecule has 0 aromatic rings. The fourth-order valence-electron chi connectivity index (χ4n) is 2.13. The van der Waals surface area contributed by atoms with E-state index in [1.165, 1.54) is 0 Å². The van der Waals surface area contributed by atoms with Crippen molar-refractivity contribution < 1.29 is 9.90 Å². The van der Waals surface area contributed by atoms with E-state index in [0.29, 0.717) is 5.92 Å². The molecule has 1 rings (SSSR count). The summed E-state index contributed by atoms with van der Waals surface area (Å²) in [5.41, 5.74) is 0. The molecule has 0 radical (unpaired) electrons. The van der Waals surface area contributed by atoms with Crippen molar-refractivity contribution in [2.75, 3.05) is 0 Å². The zero-order chi connectivity index (χ0) is 10.4. The third-order valence-corrected chi connectivity index (χ3v) is 3.00. The number of carbonyl (C=O) groups is 1. The number of carboxylic acid groups (broad SMARTS) is 1. The largest absolute Gasteiger partial charge is 0.481 e. The Bertz CT molecular complexity index is 208. The number of allylic oxidation sites excluding steroid dienone is 2. The average Bonchev–Trinajstić information content (AvgIpc) is 2.64. The summed E-state index contributed by atoms with van der Waals surface area (Å²) in [6.07, 6.45) is 10.5. The van der Waals surface area contributed by atoms with E-state index in [2.05, 4.69) is 19.1 Å². The van der Waals surface area contributed by atoms with Crippen LogP contribution < -0.4 is 0 Å². The van der Waals surface area contributed by atoms with Gasteiger partial charge in [0.25, 0.3) is 0 Å². The first-order valence-electron chi connectivity index (χ1n) is 5.65. The van der Waals surface area contributed by atoms with Gasteiger partial charge >= 0.3 is 5.97 Å². The second-order valence-corrected chi connectivity index (χ2v) is 4.11. The van der Waals surface area contributed by atoms with E-state index < -0.39 is 5.97 Å². The highest BCUT2D eigenvalue weighted by Crippen LogP contribution is 2.29. The average molecular weight is 196 g/mol. The van der Waals surface area contributed by atoms with Crippen molar-refractivity contribution in [3.05, 3.63) is 12.2 Å². The number of aliphatic carboxylic acids is 1. The van der Waals surface area contributed by atoms with Crippen LogP contribution in [0.1, 0.15) is 45.4 Å². The second-order valence-electron chi connectivity index (χ2n) is 4.11. The molecule has 14 heavy (non-hydrogen) atoms. The van der Waals surface area contributed by atoms with Gasteiger partial charge in [-0.3, -0.25) is 4.79 Å². The van der Waals surface area contributed by atoms with Gasteiger partial charge in [0.05, 0.1) is 5.92 Å². The quantitative estimate of drug-likeness (QED) is 0.523. The zero-order valence-electron chi connectivity index (χ0n) is 8.91. The highest BCUT2D eigenvalue weighted by atomic mass is 16.4. The minimum absolute atomic E-state index is 0.139. The van der Waals surface area contributed by atoms with Gasteiger partial charge in [-0.2, -0.15) is 0 Å². The second kappa shape index (κ2) is 5.84. The molecule has 1 N–H and O–H groups in total. The van der Waals surface area contributed by atoms with E-state index in [1.54, 1.807) is 0 Å². The molecule has 1 aliphatic rings. The number of rotatable bonds is 6. The van der Waals surface area contributed by atoms with Crippen LogP contribution in [-0.2, 0) is 4.79 Å². The zero-order valence-corrected chi connectivity index (χ0v) is 8.91. The topological polar surface area (TPSA) is 37.3 Å². The predicted octanol–water partition coefficient (Wildman–Crippen LogP) is 3.23. The lowest BCUT2D eigenvalue weighted by Crippen LogP contribution is -2.21. The Hall–Kier alpha value is -0.790. The molecule has 0 saturated carbocycles. The van der Waals surface area contributed by atoms with Crippen molar-refractivity contribution in [1.29, 1.82) is 0 Å². The van der Waals surface area contributed by atoms with Gasteiger partial charge < -0.3 is 5.11 Å². The summed E-state index contributed by atoms with van der Waals surface area (Å²) in [7, 11) is 0. The molecule has 1 aliphatic carbocycles. The van der Waals surface area contributed by atoms with E-state index in [-0.39, 0.29) is 5.92 Å². The minimum Gasteiger partial charge on any atom is -0.481 e. The summed E-state index contributed by atoms with van der Waals surface area (Å²) in [5, 5.41) is 9.10. The van der Waals surface area contributed by atoms with Crippen LogP contribution in [0.5, 0.6) is 0 Å². The Balaban J connectivity index is 2.38. The SMILES string of the molecule is CCCCCC(C(=O)O)C1C=CCC1. The van der Waals surface area contributed by atoms with Gasteiger partial charge in [0.1, 0.15) is 0 Å². The fraction of sp³-hybridized carbons (Fsp3) is 0.750. The molecule has 80 valence electrons. The minimum atomic E-state index is -0.613. The standard InChI is InChI=1S/C12H20O2/c1-2-3-4-9-11(12(13)14)10-7-5-6-8-10/h5,7,10-11H,2-4,6,8-9H2,1H3,(H,13,14). The molecule has 2 unspecified atom stereocenters. The first-order chi connectivity index (χ1) is 6.75. The normalized spacial score (nSPS) is 22.5. The van der Waals surface area contributed by atoms with Crippen LogP contribution in [0.4, 0.5) is 0 Å². The Morgan fingerprint density at radius 2 is 2.36 bits per heavy atom. The maximum absolute atomic E-state index is 11.0. The van der Waals surface area contributed by atoms with Gasteiger partial charge in [-0.1, -0.05) is 38.3 Å². The van der Waals surface area contributed by atoms with Crippen molar-refractivity contribution in [1.82, 2.24) is 0 Å². The molecule has 0 amide bonds. The lowest BCUT2D eigenvalue weighted by Gasteiger charge is -2.17. The maximum atomic E-state index is 11.0. The van der Waals surface area contributed by atoms with Crippen molar-refractivity contribution >= 4 is 5.97 Å². The molecule has 2 atom stereocenters. The summed E-state index contributed by atoms with van der Waals surface area (Å²) < 4.78 is 0. The van der Waals surface area contributed by atoms with Crippen molar-refractivity contribution in [3.63, 3.8) is 0 Å². The molecule has 0 spiro atoms. The van der Waals surface area contributed by atoms with Gasteiger partial charge in [-0.15, -0.1) is 0 Å². The molecule has 0 aromatic carbocycles. The molecule has 0 bridgehead atoms. The van der Waals surface area contributed by atoms with Crippen LogP contribution in [0, 0.1) is 11.8 Å². The van der Waals surface area contributed by atoms with Crippen molar-refractivity contribution in [2.45, 2.75) is 45.4 Å². The van der Waals surface area contributed by atoms with E-state index in [1.807, 2.05) is 0 Å². The Morgan fingerprint density at radius 1 is 1.57 bits per heavy atom. The smallest absolute Gasteiger partial charge is 0.307 e. The summed E-state index contributed by atoms with van der Waals surface area (Å²) in [6, 6.07) is 0. The van der Waals surface area contributed by atoms with Crippen LogP contribution in [0.15, 0.2) is 12.2 Å². The van der Waals surface area contributed by atoms with Crippen molar-refractivity contribution in [3.8, 4) is 0 Å². The van der Waals surface area contributed by atoms with Crippen LogP contribution in [0.25, 0.3) is 0 Å². The van der Waals surface area contributed by atoms with Crippen LogP contribution in [0.2, 0.25) is 0 Å². The monoisotopic (exact) mass is 196 g/mol. The van der Waals surface area contributed by atoms with E-state index in [9.17, 15) is 4.79 Å². The molecule has 0 fully saturated rings. The summed E-state index contributed by atoms with van der Waals surface area (Å²) >= 11 is 0. The molecule has 0 heterocycles. The molecule has 0 aliphatic heterocycles. The number of carboxylic acids is 1. The first-order valence-corrected chi connectivity index (χ1v) is 5.65. The van der Waals surface area contributed by atoms with E-state index in [0.717, 1.165) is 38.5 Å². The Labute approximate surface area is 86.0 Å². The molecule has 0 aromatic heterocycles. The summed E-state index contributed by atoms with van der Waals surface area (Å²) in [6.45, 7) is 2.14. The third kappa shape index (κ3) is 3.17.